The van der Waals surface area contributed by atoms with Gasteiger partial charge < -0.3 is 10.5 Å². The number of nitro groups is 1. The Kier molecular flexibility index (Phi) is 4.00. The summed E-state index contributed by atoms with van der Waals surface area (Å²) in [6.45, 7) is 0. The van der Waals surface area contributed by atoms with Crippen LogP contribution < -0.4 is 5.73 Å². The molecule has 1 rings (SSSR count). The number of aromatic nitrogens is 2. The maximum Gasteiger partial charge on any atom is 0.319 e. The molecular weight excluding hydrogens is 236 g/mol. The third-order valence-electron chi connectivity index (χ3n) is 1.51. The van der Waals surface area contributed by atoms with Crippen molar-refractivity contribution in [2.45, 2.75) is 5.03 Å². The summed E-state index contributed by atoms with van der Waals surface area (Å²) in [6, 6.07) is 0. The Morgan fingerprint density at radius 2 is 2.44 bits per heavy atom. The molecule has 0 fully saturated rings. The van der Waals surface area contributed by atoms with E-state index in [1.54, 1.807) is 0 Å². The SMILES string of the molecule is COC(=O)CSc1nc(N)ncc1[N+](=O)[O-]. The lowest BCUT2D eigenvalue weighted by Crippen LogP contribution is -2.05. The summed E-state index contributed by atoms with van der Waals surface area (Å²) < 4.78 is 4.40. The first-order chi connectivity index (χ1) is 7.54. The van der Waals surface area contributed by atoms with Gasteiger partial charge in [-0.25, -0.2) is 4.98 Å². The summed E-state index contributed by atoms with van der Waals surface area (Å²) in [4.78, 5) is 28.0. The first-order valence-electron chi connectivity index (χ1n) is 4.01. The largest absolute Gasteiger partial charge is 0.468 e. The lowest BCUT2D eigenvalue weighted by molar-refractivity contribution is -0.388. The van der Waals surface area contributed by atoms with Crippen LogP contribution in [-0.2, 0) is 9.53 Å². The van der Waals surface area contributed by atoms with Crippen LogP contribution in [0.15, 0.2) is 11.2 Å². The molecule has 1 aromatic heterocycles. The van der Waals surface area contributed by atoms with Gasteiger partial charge in [0.25, 0.3) is 0 Å². The molecular formula is C7H8N4O4S. The number of nitrogen functional groups attached to an aromatic ring is 1. The Morgan fingerprint density at radius 3 is 3.00 bits per heavy atom. The van der Waals surface area contributed by atoms with Crippen LogP contribution in [0.25, 0.3) is 0 Å². The highest BCUT2D eigenvalue weighted by Crippen LogP contribution is 2.26. The number of hydrogen-bond acceptors (Lipinski definition) is 8. The number of thioether (sulfide) groups is 1. The lowest BCUT2D eigenvalue weighted by atomic mass is 10.5. The van der Waals surface area contributed by atoms with Crippen molar-refractivity contribution >= 4 is 29.4 Å². The quantitative estimate of drug-likeness (QED) is 0.262. The number of carbonyl (C=O) groups is 1. The van der Waals surface area contributed by atoms with E-state index < -0.39 is 10.9 Å². The molecule has 1 aromatic rings. The van der Waals surface area contributed by atoms with E-state index in [2.05, 4.69) is 14.7 Å². The van der Waals surface area contributed by atoms with Crippen LogP contribution in [0.3, 0.4) is 0 Å². The Bertz CT molecular complexity index is 425. The molecule has 0 bridgehead atoms. The van der Waals surface area contributed by atoms with Gasteiger partial charge in [0.15, 0.2) is 5.03 Å². The van der Waals surface area contributed by atoms with Crippen LogP contribution in [0.1, 0.15) is 0 Å². The molecule has 8 nitrogen and oxygen atoms in total. The minimum Gasteiger partial charge on any atom is -0.468 e. The standard InChI is InChI=1S/C7H8N4O4S/c1-15-5(12)3-16-6-4(11(13)14)2-9-7(8)10-6/h2H,3H2,1H3,(H2,8,9,10). The van der Waals surface area contributed by atoms with Crippen molar-refractivity contribution in [3.05, 3.63) is 16.3 Å². The van der Waals surface area contributed by atoms with Crippen LogP contribution in [-0.4, -0.2) is 33.7 Å². The Balaban J connectivity index is 2.88. The third kappa shape index (κ3) is 3.05. The van der Waals surface area contributed by atoms with Crippen molar-refractivity contribution in [3.63, 3.8) is 0 Å². The fourth-order valence-electron chi connectivity index (χ4n) is 0.790. The van der Waals surface area contributed by atoms with Crippen LogP contribution in [0, 0.1) is 10.1 Å². The number of esters is 1. The second kappa shape index (κ2) is 5.26. The number of hydrogen-bond donors (Lipinski definition) is 1. The van der Waals surface area contributed by atoms with Gasteiger partial charge in [0.2, 0.25) is 5.95 Å². The monoisotopic (exact) mass is 244 g/mol. The van der Waals surface area contributed by atoms with Gasteiger partial charge in [0, 0.05) is 0 Å². The van der Waals surface area contributed by atoms with Crippen LogP contribution in [0.2, 0.25) is 0 Å². The van der Waals surface area contributed by atoms with Gasteiger partial charge in [-0.1, -0.05) is 11.8 Å². The van der Waals surface area contributed by atoms with E-state index in [0.717, 1.165) is 18.0 Å². The summed E-state index contributed by atoms with van der Waals surface area (Å²) in [5.41, 5.74) is 5.00. The fraction of sp³-hybridized carbons (Fsp3) is 0.286. The zero-order valence-corrected chi connectivity index (χ0v) is 9.06. The van der Waals surface area contributed by atoms with E-state index >= 15 is 0 Å². The summed E-state index contributed by atoms with van der Waals surface area (Å²) >= 11 is 0.875. The maximum absolute atomic E-state index is 10.9. The van der Waals surface area contributed by atoms with E-state index in [1.807, 2.05) is 0 Å². The fourth-order valence-corrected chi connectivity index (χ4v) is 1.60. The zero-order valence-electron chi connectivity index (χ0n) is 8.24. The van der Waals surface area contributed by atoms with Gasteiger partial charge in [-0.3, -0.25) is 14.9 Å². The first-order valence-corrected chi connectivity index (χ1v) is 4.99. The molecule has 16 heavy (non-hydrogen) atoms. The molecule has 0 unspecified atom stereocenters. The normalized spacial score (nSPS) is 9.81. The van der Waals surface area contributed by atoms with Crippen LogP contribution in [0.4, 0.5) is 11.6 Å². The Hall–Kier alpha value is -1.90. The van der Waals surface area contributed by atoms with Gasteiger partial charge in [-0.2, -0.15) is 4.98 Å². The number of rotatable bonds is 4. The Morgan fingerprint density at radius 1 is 1.75 bits per heavy atom. The van der Waals surface area contributed by atoms with Gasteiger partial charge >= 0.3 is 11.7 Å². The number of ether oxygens (including phenoxy) is 1. The number of carbonyl (C=O) groups excluding carboxylic acids is 1. The molecule has 0 spiro atoms. The van der Waals surface area contributed by atoms with Crippen molar-refractivity contribution in [3.8, 4) is 0 Å². The van der Waals surface area contributed by atoms with Crippen molar-refractivity contribution in [2.24, 2.45) is 0 Å². The molecule has 0 atom stereocenters. The van der Waals surface area contributed by atoms with Crippen molar-refractivity contribution in [2.75, 3.05) is 18.6 Å². The molecule has 86 valence electrons. The highest BCUT2D eigenvalue weighted by atomic mass is 32.2. The highest BCUT2D eigenvalue weighted by molar-refractivity contribution is 8.00. The summed E-state index contributed by atoms with van der Waals surface area (Å²) in [5.74, 6) is -0.664. The lowest BCUT2D eigenvalue weighted by Gasteiger charge is -2.01. The predicted molar refractivity (Wildman–Crippen MR) is 55.8 cm³/mol. The maximum atomic E-state index is 10.9. The molecule has 0 amide bonds. The van der Waals surface area contributed by atoms with Crippen molar-refractivity contribution < 1.29 is 14.5 Å². The van der Waals surface area contributed by atoms with Crippen LogP contribution >= 0.6 is 11.8 Å². The number of anilines is 1. The van der Waals surface area contributed by atoms with Gasteiger partial charge in [0.1, 0.15) is 6.20 Å². The molecule has 0 aromatic carbocycles. The average molecular weight is 244 g/mol. The molecule has 0 aliphatic carbocycles. The highest BCUT2D eigenvalue weighted by Gasteiger charge is 2.18. The van der Waals surface area contributed by atoms with E-state index in [9.17, 15) is 14.9 Å². The summed E-state index contributed by atoms with van der Waals surface area (Å²) in [6.07, 6.45) is 1.00. The van der Waals surface area contributed by atoms with Gasteiger partial charge in [-0.15, -0.1) is 0 Å². The molecule has 0 radical (unpaired) electrons. The molecule has 9 heteroatoms. The molecule has 0 saturated carbocycles. The summed E-state index contributed by atoms with van der Waals surface area (Å²) in [5, 5.41) is 10.6. The first kappa shape index (κ1) is 12.2. The minimum absolute atomic E-state index is 0.0444. The number of nitrogens with two attached hydrogens (primary N) is 1. The summed E-state index contributed by atoms with van der Waals surface area (Å²) in [7, 11) is 1.23. The van der Waals surface area contributed by atoms with E-state index in [-0.39, 0.29) is 22.4 Å². The van der Waals surface area contributed by atoms with Gasteiger partial charge in [0.05, 0.1) is 17.8 Å². The smallest absolute Gasteiger partial charge is 0.319 e. The van der Waals surface area contributed by atoms with E-state index in [1.165, 1.54) is 7.11 Å². The third-order valence-corrected chi connectivity index (χ3v) is 2.46. The minimum atomic E-state index is -0.640. The van der Waals surface area contributed by atoms with E-state index in [4.69, 9.17) is 5.73 Å². The number of nitrogens with zero attached hydrogens (tertiary/aromatic N) is 3. The van der Waals surface area contributed by atoms with Crippen molar-refractivity contribution in [1.29, 1.82) is 0 Å². The van der Waals surface area contributed by atoms with Crippen molar-refractivity contribution in [1.82, 2.24) is 9.97 Å². The average Bonchev–Trinajstić information content (AvgIpc) is 2.25. The number of methoxy groups -OCH3 is 1. The molecule has 0 aliphatic heterocycles. The van der Waals surface area contributed by atoms with Gasteiger partial charge in [-0.05, 0) is 0 Å². The second-order valence-corrected chi connectivity index (χ2v) is 3.50. The zero-order chi connectivity index (χ0) is 12.1. The van der Waals surface area contributed by atoms with E-state index in [0.29, 0.717) is 0 Å². The topological polar surface area (TPSA) is 121 Å². The molecule has 1 heterocycles. The van der Waals surface area contributed by atoms with Crippen LogP contribution in [0.5, 0.6) is 0 Å². The molecule has 2 N–H and O–H groups in total. The molecule has 0 saturated heterocycles. The predicted octanol–water partition coefficient (Wildman–Crippen LogP) is 0.232. The molecule has 0 aliphatic rings. The Labute approximate surface area is 94.4 Å². The second-order valence-electron chi connectivity index (χ2n) is 2.54.